The molecule has 4 rings (SSSR count). The molecule has 0 atom stereocenters. The van der Waals surface area contributed by atoms with Crippen LogP contribution < -0.4 is 14.6 Å². The first kappa shape index (κ1) is 20.5. The zero-order valence-electron chi connectivity index (χ0n) is 17.2. The summed E-state index contributed by atoms with van der Waals surface area (Å²) in [4.78, 5) is 20.4. The number of aromatic amines is 1. The van der Waals surface area contributed by atoms with Gasteiger partial charge < -0.3 is 14.5 Å². The van der Waals surface area contributed by atoms with Gasteiger partial charge in [-0.1, -0.05) is 24.9 Å². The van der Waals surface area contributed by atoms with Crippen LogP contribution in [0.2, 0.25) is 5.02 Å². The predicted molar refractivity (Wildman–Crippen MR) is 120 cm³/mol. The van der Waals surface area contributed by atoms with E-state index in [0.717, 1.165) is 42.6 Å². The summed E-state index contributed by atoms with van der Waals surface area (Å²) in [6.07, 6.45) is 4.08. The number of aromatic nitrogens is 1. The van der Waals surface area contributed by atoms with Crippen molar-refractivity contribution >= 4 is 34.1 Å². The van der Waals surface area contributed by atoms with Crippen molar-refractivity contribution in [2.24, 2.45) is 0 Å². The fraction of sp³-hybridized carbons (Fsp3) is 0.333. The first-order valence-corrected chi connectivity index (χ1v) is 10.9. The van der Waals surface area contributed by atoms with Gasteiger partial charge in [0.1, 0.15) is 5.75 Å². The van der Waals surface area contributed by atoms with Crippen molar-refractivity contribution in [2.45, 2.75) is 19.8 Å². The van der Waals surface area contributed by atoms with Gasteiger partial charge in [-0.25, -0.2) is 4.98 Å². The van der Waals surface area contributed by atoms with Crippen LogP contribution in [0.5, 0.6) is 5.75 Å². The van der Waals surface area contributed by atoms with Crippen LogP contribution in [0.1, 0.15) is 30.1 Å². The van der Waals surface area contributed by atoms with Gasteiger partial charge in [-0.15, -0.1) is 0 Å². The van der Waals surface area contributed by atoms with Crippen LogP contribution >= 0.6 is 11.6 Å². The highest BCUT2D eigenvalue weighted by molar-refractivity contribution is 6.31. The topological polar surface area (TPSA) is 46.9 Å². The van der Waals surface area contributed by atoms with E-state index in [-0.39, 0.29) is 5.91 Å². The lowest BCUT2D eigenvalue weighted by atomic mass is 10.1. The SMILES string of the molecule is CCCCOc1ccc(C(=O)N2CCN(c3cc[nH+]c4cc(Cl)ccc34)CC2)cc1. The minimum absolute atomic E-state index is 0.0767. The number of amides is 1. The van der Waals surface area contributed by atoms with Gasteiger partial charge >= 0.3 is 0 Å². The Balaban J connectivity index is 1.39. The van der Waals surface area contributed by atoms with Crippen molar-refractivity contribution in [3.63, 3.8) is 0 Å². The summed E-state index contributed by atoms with van der Waals surface area (Å²) in [7, 11) is 0. The van der Waals surface area contributed by atoms with E-state index in [4.69, 9.17) is 16.3 Å². The molecule has 0 aliphatic carbocycles. The molecule has 1 aromatic heterocycles. The molecule has 0 unspecified atom stereocenters. The van der Waals surface area contributed by atoms with Gasteiger partial charge in [0.05, 0.1) is 17.7 Å². The quantitative estimate of drug-likeness (QED) is 0.549. The zero-order chi connectivity index (χ0) is 20.9. The number of carbonyl (C=O) groups is 1. The standard InChI is InChI=1S/C24H26ClN3O2/c1-2-3-16-30-20-7-4-18(5-8-20)24(29)28-14-12-27(13-15-28)23-10-11-26-22-17-19(25)6-9-21(22)23/h4-11,17H,2-3,12-16H2,1H3/p+1. The van der Waals surface area contributed by atoms with E-state index >= 15 is 0 Å². The molecule has 1 amide bonds. The second-order valence-electron chi connectivity index (χ2n) is 7.56. The Kier molecular flexibility index (Phi) is 6.38. The zero-order valence-corrected chi connectivity index (χ0v) is 18.0. The molecule has 30 heavy (non-hydrogen) atoms. The molecule has 1 aliphatic heterocycles. The van der Waals surface area contributed by atoms with Crippen LogP contribution in [-0.4, -0.2) is 43.6 Å². The number of unbranched alkanes of at least 4 members (excludes halogenated alkanes) is 1. The Hall–Kier alpha value is -2.79. The lowest BCUT2D eigenvalue weighted by Crippen LogP contribution is -2.48. The van der Waals surface area contributed by atoms with Crippen LogP contribution in [0, 0.1) is 0 Å². The number of nitrogens with one attached hydrogen (secondary N) is 1. The normalized spacial score (nSPS) is 14.2. The highest BCUT2D eigenvalue weighted by Crippen LogP contribution is 2.27. The maximum Gasteiger partial charge on any atom is 0.253 e. The van der Waals surface area contributed by atoms with Gasteiger partial charge in [0, 0.05) is 48.9 Å². The smallest absolute Gasteiger partial charge is 0.253 e. The number of anilines is 1. The number of nitrogens with zero attached hydrogens (tertiary/aromatic N) is 2. The predicted octanol–water partition coefficient (Wildman–Crippen LogP) is 4.45. The number of benzene rings is 2. The highest BCUT2D eigenvalue weighted by atomic mass is 35.5. The molecule has 1 N–H and O–H groups in total. The average molecular weight is 425 g/mol. The van der Waals surface area contributed by atoms with Gasteiger partial charge in [0.15, 0.2) is 6.20 Å². The fourth-order valence-electron chi connectivity index (χ4n) is 3.80. The largest absolute Gasteiger partial charge is 0.494 e. The molecular weight excluding hydrogens is 398 g/mol. The van der Waals surface area contributed by atoms with Crippen molar-refractivity contribution in [1.82, 2.24) is 4.90 Å². The highest BCUT2D eigenvalue weighted by Gasteiger charge is 2.24. The number of halogens is 1. The van der Waals surface area contributed by atoms with Gasteiger partial charge in [0.2, 0.25) is 5.52 Å². The summed E-state index contributed by atoms with van der Waals surface area (Å²) in [5.41, 5.74) is 2.89. The van der Waals surface area contributed by atoms with Gasteiger partial charge in [-0.2, -0.15) is 0 Å². The Morgan fingerprint density at radius 2 is 1.83 bits per heavy atom. The Morgan fingerprint density at radius 1 is 1.07 bits per heavy atom. The van der Waals surface area contributed by atoms with Crippen molar-refractivity contribution in [1.29, 1.82) is 0 Å². The number of hydrogen-bond acceptors (Lipinski definition) is 3. The molecular formula is C24H27ClN3O2+. The monoisotopic (exact) mass is 424 g/mol. The minimum atomic E-state index is 0.0767. The molecule has 156 valence electrons. The molecule has 2 heterocycles. The molecule has 0 radical (unpaired) electrons. The number of piperazine rings is 1. The number of carbonyl (C=O) groups excluding carboxylic acids is 1. The average Bonchev–Trinajstić information content (AvgIpc) is 2.79. The van der Waals surface area contributed by atoms with Crippen LogP contribution in [0.4, 0.5) is 5.69 Å². The third-order valence-electron chi connectivity index (χ3n) is 5.51. The number of rotatable bonds is 6. The molecule has 2 aromatic carbocycles. The van der Waals surface area contributed by atoms with E-state index < -0.39 is 0 Å². The maximum absolute atomic E-state index is 12.9. The van der Waals surface area contributed by atoms with Crippen LogP contribution in [-0.2, 0) is 0 Å². The van der Waals surface area contributed by atoms with Gasteiger partial charge in [-0.05, 0) is 42.8 Å². The number of hydrogen-bond donors (Lipinski definition) is 0. The molecule has 1 fully saturated rings. The molecule has 0 bridgehead atoms. The summed E-state index contributed by atoms with van der Waals surface area (Å²) >= 11 is 6.12. The lowest BCUT2D eigenvalue weighted by Gasteiger charge is -2.36. The molecule has 1 saturated heterocycles. The number of pyridine rings is 1. The van der Waals surface area contributed by atoms with Crippen molar-refractivity contribution in [2.75, 3.05) is 37.7 Å². The second-order valence-corrected chi connectivity index (χ2v) is 7.99. The molecule has 0 saturated carbocycles. The summed E-state index contributed by atoms with van der Waals surface area (Å²) < 4.78 is 5.69. The van der Waals surface area contributed by atoms with Crippen LogP contribution in [0.3, 0.4) is 0 Å². The Bertz CT molecular complexity index is 1010. The first-order valence-electron chi connectivity index (χ1n) is 10.5. The number of H-pyrrole nitrogens is 1. The Labute approximate surface area is 182 Å². The maximum atomic E-state index is 12.9. The molecule has 3 aromatic rings. The molecule has 6 heteroatoms. The summed E-state index contributed by atoms with van der Waals surface area (Å²) in [5, 5.41) is 1.86. The molecule has 0 spiro atoms. The van der Waals surface area contributed by atoms with E-state index in [1.165, 1.54) is 5.69 Å². The minimum Gasteiger partial charge on any atom is -0.494 e. The van der Waals surface area contributed by atoms with E-state index in [2.05, 4.69) is 22.9 Å². The van der Waals surface area contributed by atoms with Crippen molar-refractivity contribution < 1.29 is 14.5 Å². The first-order chi connectivity index (χ1) is 14.7. The molecule has 1 aliphatic rings. The Morgan fingerprint density at radius 3 is 2.57 bits per heavy atom. The van der Waals surface area contributed by atoms with Crippen molar-refractivity contribution in [3.8, 4) is 5.75 Å². The molecule has 5 nitrogen and oxygen atoms in total. The number of ether oxygens (including phenoxy) is 1. The summed E-state index contributed by atoms with van der Waals surface area (Å²) in [6, 6.07) is 15.5. The van der Waals surface area contributed by atoms with Gasteiger partial charge in [-0.3, -0.25) is 4.79 Å². The van der Waals surface area contributed by atoms with Gasteiger partial charge in [0.25, 0.3) is 5.91 Å². The van der Waals surface area contributed by atoms with E-state index in [9.17, 15) is 4.79 Å². The van der Waals surface area contributed by atoms with E-state index in [1.54, 1.807) is 0 Å². The van der Waals surface area contributed by atoms with Crippen LogP contribution in [0.15, 0.2) is 54.7 Å². The third kappa shape index (κ3) is 4.51. The van der Waals surface area contributed by atoms with Crippen molar-refractivity contribution in [3.05, 3.63) is 65.3 Å². The number of fused-ring (bicyclic) bond motifs is 1. The van der Waals surface area contributed by atoms with E-state index in [0.29, 0.717) is 30.3 Å². The summed E-state index contributed by atoms with van der Waals surface area (Å²) in [6.45, 7) is 5.84. The van der Waals surface area contributed by atoms with E-state index in [1.807, 2.05) is 53.6 Å². The fourth-order valence-corrected chi connectivity index (χ4v) is 3.97. The summed E-state index contributed by atoms with van der Waals surface area (Å²) in [5.74, 6) is 0.894. The third-order valence-corrected chi connectivity index (χ3v) is 5.75. The van der Waals surface area contributed by atoms with Crippen LogP contribution in [0.25, 0.3) is 10.9 Å². The lowest BCUT2D eigenvalue weighted by molar-refractivity contribution is -0.344. The second kappa shape index (κ2) is 9.35.